The van der Waals surface area contributed by atoms with Gasteiger partial charge in [0.15, 0.2) is 0 Å². The second-order valence-electron chi connectivity index (χ2n) is 6.86. The number of amides is 1. The molecule has 1 saturated heterocycles. The van der Waals surface area contributed by atoms with Crippen LogP contribution in [0.4, 0.5) is 0 Å². The first-order valence-corrected chi connectivity index (χ1v) is 11.4. The number of pyridine rings is 1. The van der Waals surface area contributed by atoms with Crippen LogP contribution in [0.5, 0.6) is 0 Å². The lowest BCUT2D eigenvalue weighted by molar-refractivity contribution is 0.0703. The van der Waals surface area contributed by atoms with E-state index in [2.05, 4.69) is 10.1 Å². The third kappa shape index (κ3) is 3.83. The minimum absolute atomic E-state index is 0.0439. The van der Waals surface area contributed by atoms with Crippen molar-refractivity contribution in [2.75, 3.05) is 26.2 Å². The highest BCUT2D eigenvalue weighted by Gasteiger charge is 2.33. The summed E-state index contributed by atoms with van der Waals surface area (Å²) in [4.78, 5) is 20.3. The number of hydrogen-bond acceptors (Lipinski definition) is 6. The highest BCUT2D eigenvalue weighted by Crippen LogP contribution is 2.28. The second-order valence-corrected chi connectivity index (χ2v) is 10.1. The lowest BCUT2D eigenvalue weighted by atomic mass is 10.2. The zero-order valence-electron chi connectivity index (χ0n) is 16.1. The van der Waals surface area contributed by atoms with Crippen LogP contribution in [-0.4, -0.2) is 64.5 Å². The van der Waals surface area contributed by atoms with E-state index in [0.29, 0.717) is 29.2 Å². The fourth-order valence-corrected chi connectivity index (χ4v) is 5.78. The maximum Gasteiger partial charge on any atom is 0.264 e. The lowest BCUT2D eigenvalue weighted by Gasteiger charge is -2.33. The molecule has 29 heavy (non-hydrogen) atoms. The molecule has 3 aromatic rings. The Morgan fingerprint density at radius 2 is 1.90 bits per heavy atom. The standard InChI is InChI=1S/C19H21N5O3S2/c1-14-5-6-16(28-14)19(25)23-8-10-24(11-9-23)29(26,27)17-13-22(2)21-18(17)15-4-3-7-20-12-15/h3-7,12-13H,8-11H2,1-2H3. The normalized spacial score (nSPS) is 15.6. The molecule has 1 aliphatic heterocycles. The van der Waals surface area contributed by atoms with Crippen LogP contribution in [-0.2, 0) is 17.1 Å². The maximum absolute atomic E-state index is 13.3. The quantitative estimate of drug-likeness (QED) is 0.630. The highest BCUT2D eigenvalue weighted by molar-refractivity contribution is 7.89. The lowest BCUT2D eigenvalue weighted by Crippen LogP contribution is -2.50. The summed E-state index contributed by atoms with van der Waals surface area (Å²) < 4.78 is 29.5. The average Bonchev–Trinajstić information content (AvgIpc) is 3.34. The Balaban J connectivity index is 1.54. The molecule has 10 heteroatoms. The molecule has 1 amide bonds. The van der Waals surface area contributed by atoms with Gasteiger partial charge in [-0.15, -0.1) is 11.3 Å². The van der Waals surface area contributed by atoms with Crippen LogP contribution >= 0.6 is 11.3 Å². The van der Waals surface area contributed by atoms with Crippen LogP contribution in [0.25, 0.3) is 11.3 Å². The van der Waals surface area contributed by atoms with Crippen LogP contribution < -0.4 is 0 Å². The van der Waals surface area contributed by atoms with E-state index in [1.165, 1.54) is 26.5 Å². The predicted molar refractivity (Wildman–Crippen MR) is 110 cm³/mol. The Bertz CT molecular complexity index is 1130. The van der Waals surface area contributed by atoms with Crippen molar-refractivity contribution in [3.8, 4) is 11.3 Å². The van der Waals surface area contributed by atoms with Crippen molar-refractivity contribution in [2.24, 2.45) is 7.05 Å². The van der Waals surface area contributed by atoms with E-state index in [-0.39, 0.29) is 23.9 Å². The van der Waals surface area contributed by atoms with Crippen molar-refractivity contribution in [1.29, 1.82) is 0 Å². The maximum atomic E-state index is 13.3. The highest BCUT2D eigenvalue weighted by atomic mass is 32.2. The molecule has 0 saturated carbocycles. The molecule has 0 radical (unpaired) electrons. The van der Waals surface area contributed by atoms with Gasteiger partial charge in [-0.2, -0.15) is 9.40 Å². The molecule has 0 spiro atoms. The third-order valence-corrected chi connectivity index (χ3v) is 7.71. The molecule has 1 fully saturated rings. The molecule has 4 rings (SSSR count). The Hall–Kier alpha value is -2.56. The molecule has 3 aromatic heterocycles. The van der Waals surface area contributed by atoms with Crippen molar-refractivity contribution in [1.82, 2.24) is 24.0 Å². The van der Waals surface area contributed by atoms with E-state index in [1.54, 1.807) is 36.5 Å². The molecule has 0 unspecified atom stereocenters. The monoisotopic (exact) mass is 431 g/mol. The molecular weight excluding hydrogens is 410 g/mol. The van der Waals surface area contributed by atoms with E-state index in [4.69, 9.17) is 0 Å². The first-order chi connectivity index (χ1) is 13.9. The van der Waals surface area contributed by atoms with Gasteiger partial charge in [0.1, 0.15) is 10.6 Å². The minimum Gasteiger partial charge on any atom is -0.335 e. The number of rotatable bonds is 4. The Morgan fingerprint density at radius 3 is 2.52 bits per heavy atom. The van der Waals surface area contributed by atoms with Crippen molar-refractivity contribution in [2.45, 2.75) is 11.8 Å². The number of aromatic nitrogens is 3. The van der Waals surface area contributed by atoms with Crippen molar-refractivity contribution < 1.29 is 13.2 Å². The Kier molecular flexibility index (Phi) is 5.24. The largest absolute Gasteiger partial charge is 0.335 e. The SMILES string of the molecule is Cc1ccc(C(=O)N2CCN(S(=O)(=O)c3cn(C)nc3-c3cccnc3)CC2)s1. The average molecular weight is 432 g/mol. The van der Waals surface area contributed by atoms with E-state index < -0.39 is 10.0 Å². The van der Waals surface area contributed by atoms with E-state index in [9.17, 15) is 13.2 Å². The summed E-state index contributed by atoms with van der Waals surface area (Å²) in [6, 6.07) is 7.27. The van der Waals surface area contributed by atoms with E-state index >= 15 is 0 Å². The molecule has 4 heterocycles. The fourth-order valence-electron chi connectivity index (χ4n) is 3.33. The number of sulfonamides is 1. The summed E-state index contributed by atoms with van der Waals surface area (Å²) in [6.07, 6.45) is 4.75. The van der Waals surface area contributed by atoms with E-state index in [1.807, 2.05) is 19.1 Å². The van der Waals surface area contributed by atoms with Gasteiger partial charge in [0, 0.05) is 62.3 Å². The number of hydrogen-bond donors (Lipinski definition) is 0. The van der Waals surface area contributed by atoms with Crippen molar-refractivity contribution >= 4 is 27.3 Å². The van der Waals surface area contributed by atoms with Crippen LogP contribution in [0.15, 0.2) is 47.8 Å². The van der Waals surface area contributed by atoms with Crippen LogP contribution in [0.3, 0.4) is 0 Å². The summed E-state index contributed by atoms with van der Waals surface area (Å²) in [5, 5.41) is 4.33. The predicted octanol–water partition coefficient (Wildman–Crippen LogP) is 2.00. The summed E-state index contributed by atoms with van der Waals surface area (Å²) in [7, 11) is -2.05. The van der Waals surface area contributed by atoms with Crippen molar-refractivity contribution in [3.63, 3.8) is 0 Å². The zero-order chi connectivity index (χ0) is 20.6. The van der Waals surface area contributed by atoms with Gasteiger partial charge in [-0.25, -0.2) is 8.42 Å². The van der Waals surface area contributed by atoms with Crippen LogP contribution in [0, 0.1) is 6.92 Å². The molecule has 0 atom stereocenters. The number of carbonyl (C=O) groups excluding carboxylic acids is 1. The first kappa shape index (κ1) is 19.7. The number of piperazine rings is 1. The number of thiophene rings is 1. The zero-order valence-corrected chi connectivity index (χ0v) is 17.8. The van der Waals surface area contributed by atoms with Crippen LogP contribution in [0.1, 0.15) is 14.5 Å². The molecule has 0 N–H and O–H groups in total. The van der Waals surface area contributed by atoms with Gasteiger partial charge in [-0.3, -0.25) is 14.5 Å². The Morgan fingerprint density at radius 1 is 1.14 bits per heavy atom. The molecule has 0 bridgehead atoms. The molecule has 0 aliphatic carbocycles. The fraction of sp³-hybridized carbons (Fsp3) is 0.316. The van der Waals surface area contributed by atoms with E-state index in [0.717, 1.165) is 4.88 Å². The summed E-state index contributed by atoms with van der Waals surface area (Å²) in [6.45, 7) is 3.17. The van der Waals surface area contributed by atoms with Gasteiger partial charge in [-0.05, 0) is 31.2 Å². The molecule has 152 valence electrons. The third-order valence-electron chi connectivity index (χ3n) is 4.83. The van der Waals surface area contributed by atoms with Crippen molar-refractivity contribution in [3.05, 3.63) is 52.6 Å². The Labute approximate surface area is 173 Å². The van der Waals surface area contributed by atoms with Gasteiger partial charge in [0.25, 0.3) is 5.91 Å². The van der Waals surface area contributed by atoms with Gasteiger partial charge in [0.2, 0.25) is 10.0 Å². The number of carbonyl (C=O) groups is 1. The number of nitrogens with zero attached hydrogens (tertiary/aromatic N) is 5. The molecule has 1 aliphatic rings. The molecule has 0 aromatic carbocycles. The molecular formula is C19H21N5O3S2. The summed E-state index contributed by atoms with van der Waals surface area (Å²) in [5.41, 5.74) is 1.03. The summed E-state index contributed by atoms with van der Waals surface area (Å²) in [5.74, 6) is -0.0439. The molecule has 8 nitrogen and oxygen atoms in total. The van der Waals surface area contributed by atoms with Gasteiger partial charge < -0.3 is 4.90 Å². The second kappa shape index (κ2) is 7.69. The first-order valence-electron chi connectivity index (χ1n) is 9.16. The van der Waals surface area contributed by atoms with Gasteiger partial charge in [-0.1, -0.05) is 0 Å². The van der Waals surface area contributed by atoms with Gasteiger partial charge >= 0.3 is 0 Å². The minimum atomic E-state index is -3.74. The van der Waals surface area contributed by atoms with Crippen LogP contribution in [0.2, 0.25) is 0 Å². The smallest absolute Gasteiger partial charge is 0.264 e. The number of aryl methyl sites for hydroxylation is 2. The van der Waals surface area contributed by atoms with Gasteiger partial charge in [0.05, 0.1) is 4.88 Å². The summed E-state index contributed by atoms with van der Waals surface area (Å²) >= 11 is 1.46. The topological polar surface area (TPSA) is 88.4 Å².